The van der Waals surface area contributed by atoms with Gasteiger partial charge >= 0.3 is 92.9 Å². The third-order valence-corrected chi connectivity index (χ3v) is 3.20. The van der Waals surface area contributed by atoms with Gasteiger partial charge in [-0.2, -0.15) is 0 Å². The smallest absolute Gasteiger partial charge is 0.281 e. The van der Waals surface area contributed by atoms with Crippen molar-refractivity contribution < 1.29 is 39.9 Å². The molecule has 0 aromatic heterocycles. The van der Waals surface area contributed by atoms with E-state index in [1.807, 2.05) is 0 Å². The van der Waals surface area contributed by atoms with Gasteiger partial charge in [-0.3, -0.25) is 14.4 Å². The number of hydrogen-bond acceptors (Lipinski definition) is 5. The predicted octanol–water partition coefficient (Wildman–Crippen LogP) is 0.750. The van der Waals surface area contributed by atoms with Gasteiger partial charge in [0.05, 0.1) is 0 Å². The molecule has 0 aromatic carbocycles. The summed E-state index contributed by atoms with van der Waals surface area (Å²) >= 11 is 3.58. The summed E-state index contributed by atoms with van der Waals surface area (Å²) in [4.78, 5) is 22.5. The molecule has 1 saturated heterocycles. The molecule has 1 heterocycles. The van der Waals surface area contributed by atoms with E-state index >= 15 is 0 Å². The molecule has 0 saturated carbocycles. The number of hydrogen-bond donors (Lipinski definition) is 0. The van der Waals surface area contributed by atoms with E-state index in [2.05, 4.69) is 56.3 Å². The molecule has 20 heavy (non-hydrogen) atoms. The molecule has 0 N–H and O–H groups in total. The molecule has 1 aliphatic carbocycles. The second-order valence-corrected chi connectivity index (χ2v) is 4.55. The summed E-state index contributed by atoms with van der Waals surface area (Å²) in [6, 6.07) is 0. The summed E-state index contributed by atoms with van der Waals surface area (Å²) < 4.78 is 12.1. The van der Waals surface area contributed by atoms with Gasteiger partial charge < -0.3 is 0 Å². The Morgan fingerprint density at radius 1 is 1.35 bits per heavy atom. The van der Waals surface area contributed by atoms with E-state index < -0.39 is 0 Å². The van der Waals surface area contributed by atoms with Gasteiger partial charge in [-0.1, -0.05) is 0 Å². The van der Waals surface area contributed by atoms with E-state index in [9.17, 15) is 0 Å². The third kappa shape index (κ3) is 7.50. The third-order valence-electron chi connectivity index (χ3n) is 2.65. The Labute approximate surface area is 128 Å². The van der Waals surface area contributed by atoms with Gasteiger partial charge in [0, 0.05) is 0 Å². The number of ether oxygens (including phenoxy) is 2. The fraction of sp³-hybridized carbons (Fsp3) is 0.500. The predicted molar refractivity (Wildman–Crippen MR) is 67.6 cm³/mol. The monoisotopic (exact) mass is 318 g/mol. The summed E-state index contributed by atoms with van der Waals surface area (Å²) in [5, 5.41) is 0. The molecule has 108 valence electrons. The molecule has 2 atom stereocenters. The van der Waals surface area contributed by atoms with Crippen LogP contribution in [0.15, 0.2) is 21.7 Å². The van der Waals surface area contributed by atoms with E-state index in [-0.39, 0.29) is 6.10 Å². The Bertz CT molecular complexity index is 332. The first kappa shape index (κ1) is 21.2. The molecule has 1 fully saturated rings. The van der Waals surface area contributed by atoms with Gasteiger partial charge in [-0.25, -0.2) is 0 Å². The minimum absolute atomic E-state index is 0.173. The van der Waals surface area contributed by atoms with Crippen LogP contribution in [0.4, 0.5) is 0 Å². The molecule has 1 aliphatic heterocycles. The molecule has 0 amide bonds. The fourth-order valence-electron chi connectivity index (χ4n) is 1.72. The standard InChI is InChI=1S/C11H15O2.3CO.Mn/c1-8-4-3-5-11(8)9(2)12-6-10-7-13-10;3*1-2;/h4,9-10H,3,6-7H2,1-2H3;;;;. The van der Waals surface area contributed by atoms with Crippen LogP contribution in [0.5, 0.6) is 0 Å². The summed E-state index contributed by atoms with van der Waals surface area (Å²) in [5.41, 5.74) is 2.65. The van der Waals surface area contributed by atoms with Crippen molar-refractivity contribution in [1.82, 2.24) is 0 Å². The van der Waals surface area contributed by atoms with E-state index in [1.165, 1.54) is 15.6 Å². The average molecular weight is 318 g/mol. The molecule has 5 nitrogen and oxygen atoms in total. The zero-order valence-corrected chi connectivity index (χ0v) is 12.5. The maximum Gasteiger partial charge on any atom is 0.281 e. The zero-order valence-electron chi connectivity index (χ0n) is 11.3. The van der Waals surface area contributed by atoms with Crippen LogP contribution in [0.25, 0.3) is 0 Å². The summed E-state index contributed by atoms with van der Waals surface area (Å²) in [6.45, 7) is 19.3. The molecule has 2 rings (SSSR count). The maximum absolute atomic E-state index is 7.50. The van der Waals surface area contributed by atoms with E-state index in [1.54, 1.807) is 0 Å². The molecular weight excluding hydrogens is 303 g/mol. The van der Waals surface area contributed by atoms with Gasteiger partial charge in [0.15, 0.2) is 0 Å². The van der Waals surface area contributed by atoms with Crippen LogP contribution >= 0.6 is 0 Å². The van der Waals surface area contributed by atoms with Crippen molar-refractivity contribution in [3.63, 3.8) is 0 Å². The summed E-state index contributed by atoms with van der Waals surface area (Å²) in [5.74, 6) is 0. The van der Waals surface area contributed by atoms with Gasteiger partial charge in [0.1, 0.15) is 0 Å². The largest absolute Gasteiger partial charge is 0.281 e. The van der Waals surface area contributed by atoms with Gasteiger partial charge in [0.2, 0.25) is 0 Å². The fourth-order valence-corrected chi connectivity index (χ4v) is 2.31. The normalized spacial score (nSPS) is 20.1. The Balaban J connectivity index is 0. The van der Waals surface area contributed by atoms with Crippen molar-refractivity contribution >= 4 is 20.4 Å². The molecule has 6 heteroatoms. The molecule has 2 aliphatic rings. The zero-order chi connectivity index (χ0) is 16.1. The van der Waals surface area contributed by atoms with E-state index in [4.69, 9.17) is 23.9 Å². The second kappa shape index (κ2) is 12.9. The van der Waals surface area contributed by atoms with Crippen molar-refractivity contribution in [2.24, 2.45) is 0 Å². The van der Waals surface area contributed by atoms with Gasteiger partial charge in [-0.15, -0.1) is 0 Å². The molecule has 0 aromatic rings. The number of epoxide rings is 1. The van der Waals surface area contributed by atoms with Crippen LogP contribution in [0.3, 0.4) is 0 Å². The van der Waals surface area contributed by atoms with Crippen LogP contribution in [-0.4, -0.2) is 45.8 Å². The topological polar surface area (TPSA) is 73.0 Å². The Morgan fingerprint density at radius 3 is 2.20 bits per heavy atom. The second-order valence-electron chi connectivity index (χ2n) is 3.84. The van der Waals surface area contributed by atoms with Crippen LogP contribution in [0.2, 0.25) is 0 Å². The van der Waals surface area contributed by atoms with E-state index in [0.717, 1.165) is 19.6 Å². The first-order valence-corrected chi connectivity index (χ1v) is 6.17. The SMILES string of the molecule is CC1=CC[C]([Mn])=C1C(C)OCC1CO1.[C]=O.[C]=O.[C]=O. The van der Waals surface area contributed by atoms with Gasteiger partial charge in [0.25, 0.3) is 20.4 Å². The Hall–Kier alpha value is -1.07. The first-order chi connectivity index (χ1) is 9.68. The number of carbonyl (C=O) groups excluding carboxylic acids is 3. The maximum atomic E-state index is 7.50. The van der Waals surface area contributed by atoms with Gasteiger partial charge in [-0.05, 0) is 0 Å². The minimum atomic E-state index is 0.173. The van der Waals surface area contributed by atoms with Crippen molar-refractivity contribution in [2.75, 3.05) is 13.2 Å². The molecular formula is C14H15MnO5. The van der Waals surface area contributed by atoms with Crippen LogP contribution in [0, 0.1) is 0 Å². The number of allylic oxidation sites excluding steroid dienone is 2. The van der Waals surface area contributed by atoms with Crippen molar-refractivity contribution in [2.45, 2.75) is 32.5 Å². The Kier molecular flexibility index (Phi) is 13.7. The molecule has 0 spiro atoms. The van der Waals surface area contributed by atoms with Crippen LogP contribution in [0.1, 0.15) is 20.3 Å². The quantitative estimate of drug-likeness (QED) is 0.565. The van der Waals surface area contributed by atoms with Crippen LogP contribution in [-0.2, 0) is 39.9 Å². The summed E-state index contributed by atoms with van der Waals surface area (Å²) in [6.07, 6.45) is 3.76. The minimum Gasteiger partial charge on any atom is -0.281 e. The van der Waals surface area contributed by atoms with Crippen molar-refractivity contribution in [3.8, 4) is 0 Å². The summed E-state index contributed by atoms with van der Waals surface area (Å²) in [7, 11) is 0. The molecule has 0 bridgehead atoms. The Morgan fingerprint density at radius 2 is 1.85 bits per heavy atom. The number of rotatable bonds is 4. The molecule has 2 unspecified atom stereocenters. The van der Waals surface area contributed by atoms with E-state index in [0.29, 0.717) is 6.10 Å². The van der Waals surface area contributed by atoms with Crippen molar-refractivity contribution in [3.05, 3.63) is 21.7 Å². The van der Waals surface area contributed by atoms with Crippen molar-refractivity contribution in [1.29, 1.82) is 0 Å². The first-order valence-electron chi connectivity index (χ1n) is 5.58. The van der Waals surface area contributed by atoms with Crippen LogP contribution < -0.4 is 0 Å². The molecule has 6 radical (unpaired) electrons. The average Bonchev–Trinajstić information content (AvgIpc) is 3.28.